The number of benzene rings is 2. The smallest absolute Gasteiger partial charge is 0.128 e. The molecule has 1 N–H and O–H groups in total. The van der Waals surface area contributed by atoms with Crippen molar-refractivity contribution in [2.45, 2.75) is 26.8 Å². The minimum Gasteiger partial charge on any atom is -0.493 e. The SMILES string of the molecule is Cc1ccc(CNc2ccc3c(c2)OCC3)c(C)c1-c1ccc(N2CCOCC2)nc1. The molecule has 2 aliphatic heterocycles. The summed E-state index contributed by atoms with van der Waals surface area (Å²) in [5.74, 6) is 2.04. The van der Waals surface area contributed by atoms with E-state index >= 15 is 0 Å². The predicted molar refractivity (Wildman–Crippen MR) is 125 cm³/mol. The highest BCUT2D eigenvalue weighted by Gasteiger charge is 2.15. The molecule has 31 heavy (non-hydrogen) atoms. The number of aryl methyl sites for hydroxylation is 1. The monoisotopic (exact) mass is 415 g/mol. The molecule has 0 saturated carbocycles. The van der Waals surface area contributed by atoms with Gasteiger partial charge in [0.2, 0.25) is 0 Å². The Kier molecular flexibility index (Phi) is 5.51. The number of fused-ring (bicyclic) bond motifs is 1. The third kappa shape index (κ3) is 4.10. The molecule has 1 fully saturated rings. The van der Waals surface area contributed by atoms with E-state index in [1.54, 1.807) is 0 Å². The van der Waals surface area contributed by atoms with Gasteiger partial charge >= 0.3 is 0 Å². The van der Waals surface area contributed by atoms with Crippen molar-refractivity contribution in [3.63, 3.8) is 0 Å². The summed E-state index contributed by atoms with van der Waals surface area (Å²) in [7, 11) is 0. The van der Waals surface area contributed by atoms with Gasteiger partial charge in [0.05, 0.1) is 19.8 Å². The van der Waals surface area contributed by atoms with Crippen molar-refractivity contribution in [2.75, 3.05) is 43.1 Å². The number of rotatable bonds is 5. The fourth-order valence-corrected chi connectivity index (χ4v) is 4.51. The summed E-state index contributed by atoms with van der Waals surface area (Å²) in [5.41, 5.74) is 8.70. The minimum atomic E-state index is 0.771. The number of aromatic nitrogens is 1. The number of morpholine rings is 1. The van der Waals surface area contributed by atoms with Crippen molar-refractivity contribution < 1.29 is 9.47 Å². The molecule has 0 spiro atoms. The molecule has 3 heterocycles. The largest absolute Gasteiger partial charge is 0.493 e. The van der Waals surface area contributed by atoms with E-state index < -0.39 is 0 Å². The van der Waals surface area contributed by atoms with Crippen LogP contribution in [0.25, 0.3) is 11.1 Å². The van der Waals surface area contributed by atoms with E-state index in [1.807, 2.05) is 6.20 Å². The molecule has 0 atom stereocenters. The Morgan fingerprint density at radius 2 is 1.87 bits per heavy atom. The summed E-state index contributed by atoms with van der Waals surface area (Å²) in [5, 5.41) is 3.57. The lowest BCUT2D eigenvalue weighted by Gasteiger charge is -2.27. The Labute approximate surface area is 184 Å². The van der Waals surface area contributed by atoms with Crippen molar-refractivity contribution in [2.24, 2.45) is 0 Å². The average Bonchev–Trinajstić information content (AvgIpc) is 3.28. The van der Waals surface area contributed by atoms with Gasteiger partial charge in [0.1, 0.15) is 11.6 Å². The number of nitrogens with zero attached hydrogens (tertiary/aromatic N) is 2. The molecule has 0 unspecified atom stereocenters. The van der Waals surface area contributed by atoms with Crippen LogP contribution in [-0.2, 0) is 17.7 Å². The molecule has 2 aromatic carbocycles. The van der Waals surface area contributed by atoms with Crippen molar-refractivity contribution in [1.82, 2.24) is 4.98 Å². The zero-order valence-corrected chi connectivity index (χ0v) is 18.3. The molecule has 1 aromatic heterocycles. The third-order valence-electron chi connectivity index (χ3n) is 6.34. The molecule has 1 saturated heterocycles. The summed E-state index contributed by atoms with van der Waals surface area (Å²) in [6.07, 6.45) is 3.02. The van der Waals surface area contributed by atoms with Crippen molar-refractivity contribution in [3.8, 4) is 16.9 Å². The van der Waals surface area contributed by atoms with Crippen LogP contribution in [0.2, 0.25) is 0 Å². The lowest BCUT2D eigenvalue weighted by Crippen LogP contribution is -2.36. The van der Waals surface area contributed by atoms with Crippen LogP contribution in [-0.4, -0.2) is 37.9 Å². The first-order valence-corrected chi connectivity index (χ1v) is 11.1. The second-order valence-corrected chi connectivity index (χ2v) is 8.32. The lowest BCUT2D eigenvalue weighted by molar-refractivity contribution is 0.122. The van der Waals surface area contributed by atoms with Gasteiger partial charge in [-0.05, 0) is 59.9 Å². The minimum absolute atomic E-state index is 0.771. The molecular formula is C26H29N3O2. The van der Waals surface area contributed by atoms with Gasteiger partial charge in [-0.2, -0.15) is 0 Å². The number of hydrogen-bond donors (Lipinski definition) is 1. The first kappa shape index (κ1) is 19.9. The highest BCUT2D eigenvalue weighted by Crippen LogP contribution is 2.32. The highest BCUT2D eigenvalue weighted by atomic mass is 16.5. The standard InChI is InChI=1S/C26H29N3O2/c1-18-3-4-21(16-27-23-7-5-20-9-12-31-24(20)15-23)19(2)26(18)22-6-8-25(28-17-22)29-10-13-30-14-11-29/h3-8,15,17,27H,9-14,16H2,1-2H3. The highest BCUT2D eigenvalue weighted by molar-refractivity contribution is 5.72. The Balaban J connectivity index is 1.35. The number of anilines is 2. The van der Waals surface area contributed by atoms with Crippen LogP contribution in [0, 0.1) is 13.8 Å². The molecular weight excluding hydrogens is 386 g/mol. The second-order valence-electron chi connectivity index (χ2n) is 8.32. The summed E-state index contributed by atoms with van der Waals surface area (Å²) in [6, 6.07) is 15.2. The van der Waals surface area contributed by atoms with Crippen LogP contribution in [0.3, 0.4) is 0 Å². The molecule has 5 heteroatoms. The maximum atomic E-state index is 5.70. The van der Waals surface area contributed by atoms with Gasteiger partial charge in [0, 0.05) is 49.6 Å². The van der Waals surface area contributed by atoms with E-state index in [4.69, 9.17) is 14.5 Å². The van der Waals surface area contributed by atoms with E-state index in [0.717, 1.165) is 63.1 Å². The van der Waals surface area contributed by atoms with Gasteiger partial charge in [0.25, 0.3) is 0 Å². The van der Waals surface area contributed by atoms with Gasteiger partial charge in [-0.25, -0.2) is 4.98 Å². The van der Waals surface area contributed by atoms with Crippen LogP contribution >= 0.6 is 0 Å². The summed E-state index contributed by atoms with van der Waals surface area (Å²) in [4.78, 5) is 7.04. The molecule has 160 valence electrons. The molecule has 0 aliphatic carbocycles. The summed E-state index contributed by atoms with van der Waals surface area (Å²) < 4.78 is 11.2. The zero-order chi connectivity index (χ0) is 21.2. The van der Waals surface area contributed by atoms with Gasteiger partial charge in [-0.3, -0.25) is 0 Å². The van der Waals surface area contributed by atoms with Crippen molar-refractivity contribution in [1.29, 1.82) is 0 Å². The van der Waals surface area contributed by atoms with Gasteiger partial charge in [-0.15, -0.1) is 0 Å². The Bertz CT molecular complexity index is 1070. The number of nitrogens with one attached hydrogen (secondary N) is 1. The second kappa shape index (κ2) is 8.60. The molecule has 0 amide bonds. The Morgan fingerprint density at radius 3 is 2.68 bits per heavy atom. The van der Waals surface area contributed by atoms with Gasteiger partial charge in [-0.1, -0.05) is 18.2 Å². The predicted octanol–water partition coefficient (Wildman–Crippen LogP) is 4.75. The van der Waals surface area contributed by atoms with Crippen LogP contribution in [0.15, 0.2) is 48.7 Å². The van der Waals surface area contributed by atoms with Crippen LogP contribution in [0.4, 0.5) is 11.5 Å². The summed E-state index contributed by atoms with van der Waals surface area (Å²) >= 11 is 0. The fourth-order valence-electron chi connectivity index (χ4n) is 4.51. The molecule has 5 rings (SSSR count). The number of ether oxygens (including phenoxy) is 2. The first-order chi connectivity index (χ1) is 15.2. The lowest BCUT2D eigenvalue weighted by atomic mass is 9.93. The normalized spacial score (nSPS) is 15.5. The number of pyridine rings is 1. The molecule has 2 aliphatic rings. The molecule has 0 radical (unpaired) electrons. The van der Waals surface area contributed by atoms with E-state index in [1.165, 1.54) is 33.4 Å². The van der Waals surface area contributed by atoms with E-state index in [0.29, 0.717) is 0 Å². The Morgan fingerprint density at radius 1 is 1.00 bits per heavy atom. The van der Waals surface area contributed by atoms with E-state index in [-0.39, 0.29) is 0 Å². The van der Waals surface area contributed by atoms with Crippen LogP contribution in [0.5, 0.6) is 5.75 Å². The van der Waals surface area contributed by atoms with Gasteiger partial charge < -0.3 is 19.7 Å². The van der Waals surface area contributed by atoms with Gasteiger partial charge in [0.15, 0.2) is 0 Å². The molecule has 5 nitrogen and oxygen atoms in total. The fraction of sp³-hybridized carbons (Fsp3) is 0.346. The van der Waals surface area contributed by atoms with Crippen molar-refractivity contribution >= 4 is 11.5 Å². The Hall–Kier alpha value is -3.05. The summed E-state index contributed by atoms with van der Waals surface area (Å²) in [6.45, 7) is 9.29. The third-order valence-corrected chi connectivity index (χ3v) is 6.34. The molecule has 3 aromatic rings. The quantitative estimate of drug-likeness (QED) is 0.652. The maximum absolute atomic E-state index is 5.70. The first-order valence-electron chi connectivity index (χ1n) is 11.1. The topological polar surface area (TPSA) is 46.6 Å². The van der Waals surface area contributed by atoms with Crippen molar-refractivity contribution in [3.05, 3.63) is 70.9 Å². The maximum Gasteiger partial charge on any atom is 0.128 e. The van der Waals surface area contributed by atoms with Crippen LogP contribution < -0.4 is 15.0 Å². The van der Waals surface area contributed by atoms with Crippen LogP contribution in [0.1, 0.15) is 22.3 Å². The van der Waals surface area contributed by atoms with E-state index in [2.05, 4.69) is 66.5 Å². The molecule has 0 bridgehead atoms. The average molecular weight is 416 g/mol. The number of hydrogen-bond acceptors (Lipinski definition) is 5. The van der Waals surface area contributed by atoms with E-state index in [9.17, 15) is 0 Å². The zero-order valence-electron chi connectivity index (χ0n) is 18.3.